The van der Waals surface area contributed by atoms with E-state index in [1.54, 1.807) is 7.11 Å². The number of methoxy groups -OCH3 is 1. The molecule has 1 N–H and O–H groups in total. The third-order valence-electron chi connectivity index (χ3n) is 2.77. The lowest BCUT2D eigenvalue weighted by Crippen LogP contribution is -2.04. The number of aromatic nitrogens is 1. The molecule has 0 aliphatic heterocycles. The first-order valence-electron chi connectivity index (χ1n) is 5.97. The molecule has 6 heteroatoms. The van der Waals surface area contributed by atoms with E-state index in [0.717, 1.165) is 5.39 Å². The molecule has 0 fully saturated rings. The molecular weight excluding hydrogens is 276 g/mol. The predicted molar refractivity (Wildman–Crippen MR) is 78.2 cm³/mol. The Hall–Kier alpha value is -2.34. The summed E-state index contributed by atoms with van der Waals surface area (Å²) in [5.74, 6) is 1.19. The van der Waals surface area contributed by atoms with Crippen LogP contribution in [-0.4, -0.2) is 18.0 Å². The number of anilines is 1. The van der Waals surface area contributed by atoms with Crippen LogP contribution in [0.4, 0.5) is 5.13 Å². The summed E-state index contributed by atoms with van der Waals surface area (Å²) < 4.78 is 11.1. The zero-order chi connectivity index (χ0) is 14.1. The van der Waals surface area contributed by atoms with Gasteiger partial charge < -0.3 is 14.5 Å². The fourth-order valence-corrected chi connectivity index (χ4v) is 2.66. The molecule has 0 saturated carbocycles. The van der Waals surface area contributed by atoms with Gasteiger partial charge in [0.1, 0.15) is 5.69 Å². The summed E-state index contributed by atoms with van der Waals surface area (Å²) in [7, 11) is 1.61. The molecule has 2 aromatic heterocycles. The molecule has 102 valence electrons. The van der Waals surface area contributed by atoms with Gasteiger partial charge in [-0.15, -0.1) is 11.3 Å². The highest BCUT2D eigenvalue weighted by atomic mass is 32.1. The molecule has 1 amide bonds. The molecule has 0 atom stereocenters. The van der Waals surface area contributed by atoms with Crippen molar-refractivity contribution in [1.82, 2.24) is 4.98 Å². The summed E-state index contributed by atoms with van der Waals surface area (Å²) in [6.45, 7) is 1.45. The highest BCUT2D eigenvalue weighted by Crippen LogP contribution is 2.34. The Balaban J connectivity index is 2.02. The second-order valence-electron chi connectivity index (χ2n) is 4.21. The van der Waals surface area contributed by atoms with Crippen LogP contribution >= 0.6 is 11.3 Å². The fourth-order valence-electron chi connectivity index (χ4n) is 1.92. The third kappa shape index (κ3) is 2.25. The summed E-state index contributed by atoms with van der Waals surface area (Å²) >= 11 is 1.36. The van der Waals surface area contributed by atoms with Crippen molar-refractivity contribution in [2.24, 2.45) is 0 Å². The predicted octanol–water partition coefficient (Wildman–Crippen LogP) is 3.52. The van der Waals surface area contributed by atoms with E-state index in [9.17, 15) is 4.79 Å². The first kappa shape index (κ1) is 12.7. The SMILES string of the molecule is COc1cccc2cc(-c3csc(NC(C)=O)n3)oc12. The Morgan fingerprint density at radius 2 is 2.30 bits per heavy atom. The number of thiazole rings is 1. The number of carbonyl (C=O) groups excluding carboxylic acids is 1. The number of hydrogen-bond donors (Lipinski definition) is 1. The lowest BCUT2D eigenvalue weighted by Gasteiger charge is -1.98. The smallest absolute Gasteiger partial charge is 0.223 e. The lowest BCUT2D eigenvalue weighted by atomic mass is 10.2. The Morgan fingerprint density at radius 3 is 3.05 bits per heavy atom. The van der Waals surface area contributed by atoms with Crippen molar-refractivity contribution in [2.75, 3.05) is 12.4 Å². The maximum atomic E-state index is 11.0. The number of ether oxygens (including phenoxy) is 1. The number of rotatable bonds is 3. The molecule has 0 aliphatic carbocycles. The standard InChI is InChI=1S/C14H12N2O3S/c1-8(17)15-14-16-10(7-20-14)12-6-9-4-3-5-11(18-2)13(9)19-12/h3-7H,1-2H3,(H,15,16,17). The topological polar surface area (TPSA) is 64.4 Å². The maximum absolute atomic E-state index is 11.0. The minimum Gasteiger partial charge on any atom is -0.493 e. The van der Waals surface area contributed by atoms with Crippen LogP contribution in [-0.2, 0) is 4.79 Å². The second kappa shape index (κ2) is 4.97. The summed E-state index contributed by atoms with van der Waals surface area (Å²) in [4.78, 5) is 15.3. The first-order chi connectivity index (χ1) is 9.67. The molecule has 3 rings (SSSR count). The number of fused-ring (bicyclic) bond motifs is 1. The number of benzene rings is 1. The van der Waals surface area contributed by atoms with Gasteiger partial charge in [-0.1, -0.05) is 12.1 Å². The number of carbonyl (C=O) groups is 1. The summed E-state index contributed by atoms with van der Waals surface area (Å²) in [5, 5.41) is 6.00. The van der Waals surface area contributed by atoms with Gasteiger partial charge in [0.05, 0.1) is 7.11 Å². The molecule has 5 nitrogen and oxygen atoms in total. The van der Waals surface area contributed by atoms with E-state index < -0.39 is 0 Å². The van der Waals surface area contributed by atoms with Gasteiger partial charge >= 0.3 is 0 Å². The summed E-state index contributed by atoms with van der Waals surface area (Å²) in [6.07, 6.45) is 0. The highest BCUT2D eigenvalue weighted by molar-refractivity contribution is 7.14. The molecule has 0 unspecified atom stereocenters. The van der Waals surface area contributed by atoms with Crippen molar-refractivity contribution >= 4 is 33.3 Å². The molecule has 0 aliphatic rings. The maximum Gasteiger partial charge on any atom is 0.223 e. The monoisotopic (exact) mass is 288 g/mol. The van der Waals surface area contributed by atoms with Gasteiger partial charge in [-0.3, -0.25) is 4.79 Å². The van der Waals surface area contributed by atoms with Crippen LogP contribution in [0, 0.1) is 0 Å². The van der Waals surface area contributed by atoms with Gasteiger partial charge in [-0.05, 0) is 12.1 Å². The average Bonchev–Trinajstić information content (AvgIpc) is 3.03. The van der Waals surface area contributed by atoms with Gasteiger partial charge in [0.25, 0.3) is 0 Å². The minimum atomic E-state index is -0.142. The highest BCUT2D eigenvalue weighted by Gasteiger charge is 2.13. The number of nitrogens with one attached hydrogen (secondary N) is 1. The van der Waals surface area contributed by atoms with E-state index >= 15 is 0 Å². The fraction of sp³-hybridized carbons (Fsp3) is 0.143. The van der Waals surface area contributed by atoms with Crippen molar-refractivity contribution in [3.8, 4) is 17.2 Å². The number of amides is 1. The van der Waals surface area contributed by atoms with Crippen LogP contribution in [0.3, 0.4) is 0 Å². The van der Waals surface area contributed by atoms with Crippen LogP contribution in [0.2, 0.25) is 0 Å². The van der Waals surface area contributed by atoms with Crippen LogP contribution < -0.4 is 10.1 Å². The van der Waals surface area contributed by atoms with Crippen LogP contribution in [0.25, 0.3) is 22.4 Å². The first-order valence-corrected chi connectivity index (χ1v) is 6.85. The van der Waals surface area contributed by atoms with E-state index in [0.29, 0.717) is 27.9 Å². The normalized spacial score (nSPS) is 10.7. The van der Waals surface area contributed by atoms with Crippen molar-refractivity contribution in [3.05, 3.63) is 29.6 Å². The van der Waals surface area contributed by atoms with Crippen molar-refractivity contribution in [2.45, 2.75) is 6.92 Å². The Bertz CT molecular complexity index is 776. The van der Waals surface area contributed by atoms with E-state index in [1.165, 1.54) is 18.3 Å². The second-order valence-corrected chi connectivity index (χ2v) is 5.07. The van der Waals surface area contributed by atoms with Gasteiger partial charge in [0.15, 0.2) is 22.2 Å². The van der Waals surface area contributed by atoms with Crippen LogP contribution in [0.5, 0.6) is 5.75 Å². The zero-order valence-electron chi connectivity index (χ0n) is 11.0. The summed E-state index contributed by atoms with van der Waals surface area (Å²) in [6, 6.07) is 7.61. The van der Waals surface area contributed by atoms with Gasteiger partial charge in [-0.25, -0.2) is 4.98 Å². The van der Waals surface area contributed by atoms with Gasteiger partial charge in [0, 0.05) is 17.7 Å². The Morgan fingerprint density at radius 1 is 1.45 bits per heavy atom. The molecule has 20 heavy (non-hydrogen) atoms. The van der Waals surface area contributed by atoms with Gasteiger partial charge in [0.2, 0.25) is 5.91 Å². The molecule has 3 aromatic rings. The van der Waals surface area contributed by atoms with Crippen molar-refractivity contribution in [1.29, 1.82) is 0 Å². The largest absolute Gasteiger partial charge is 0.493 e. The quantitative estimate of drug-likeness (QED) is 0.800. The third-order valence-corrected chi connectivity index (χ3v) is 3.53. The number of hydrogen-bond acceptors (Lipinski definition) is 5. The van der Waals surface area contributed by atoms with E-state index in [-0.39, 0.29) is 5.91 Å². The van der Waals surface area contributed by atoms with E-state index in [4.69, 9.17) is 9.15 Å². The minimum absolute atomic E-state index is 0.142. The number of furan rings is 1. The van der Waals surface area contributed by atoms with E-state index in [2.05, 4.69) is 10.3 Å². The number of para-hydroxylation sites is 1. The molecular formula is C14H12N2O3S. The van der Waals surface area contributed by atoms with Gasteiger partial charge in [-0.2, -0.15) is 0 Å². The Labute approximate surface area is 119 Å². The molecule has 1 aromatic carbocycles. The molecule has 0 radical (unpaired) electrons. The molecule has 0 bridgehead atoms. The lowest BCUT2D eigenvalue weighted by molar-refractivity contribution is -0.114. The van der Waals surface area contributed by atoms with Crippen LogP contribution in [0.1, 0.15) is 6.92 Å². The van der Waals surface area contributed by atoms with Crippen molar-refractivity contribution in [3.63, 3.8) is 0 Å². The Kier molecular flexibility index (Phi) is 3.15. The molecule has 0 spiro atoms. The van der Waals surface area contributed by atoms with Crippen LogP contribution in [0.15, 0.2) is 34.1 Å². The van der Waals surface area contributed by atoms with E-state index in [1.807, 2.05) is 29.6 Å². The number of nitrogens with zero attached hydrogens (tertiary/aromatic N) is 1. The van der Waals surface area contributed by atoms with Crippen molar-refractivity contribution < 1.29 is 13.9 Å². The zero-order valence-corrected chi connectivity index (χ0v) is 11.8. The summed E-state index contributed by atoms with van der Waals surface area (Å²) in [5.41, 5.74) is 1.39. The average molecular weight is 288 g/mol. The molecule has 2 heterocycles. The molecule has 0 saturated heterocycles.